The minimum absolute atomic E-state index is 0.441. The van der Waals surface area contributed by atoms with Gasteiger partial charge in [0.2, 0.25) is 0 Å². The van der Waals surface area contributed by atoms with Crippen molar-refractivity contribution in [1.29, 1.82) is 0 Å². The molecule has 0 aromatic heterocycles. The van der Waals surface area contributed by atoms with Gasteiger partial charge in [0, 0.05) is 4.47 Å². The van der Waals surface area contributed by atoms with E-state index in [1.807, 2.05) is 18.2 Å². The van der Waals surface area contributed by atoms with Gasteiger partial charge in [-0.15, -0.1) is 0 Å². The standard InChI is InChI=1S/C17H20BrNO/c1-20-17-7-3-5-14(11-17)9-15(12-19)8-13-4-2-6-16(18)10-13/h2-7,10-11,15H,8-9,12,19H2,1H3. The van der Waals surface area contributed by atoms with Gasteiger partial charge >= 0.3 is 0 Å². The maximum Gasteiger partial charge on any atom is 0.119 e. The van der Waals surface area contributed by atoms with Crippen molar-refractivity contribution in [3.05, 3.63) is 64.1 Å². The lowest BCUT2D eigenvalue weighted by Gasteiger charge is -2.15. The van der Waals surface area contributed by atoms with Gasteiger partial charge in [-0.1, -0.05) is 40.2 Å². The van der Waals surface area contributed by atoms with Crippen LogP contribution in [0.3, 0.4) is 0 Å². The van der Waals surface area contributed by atoms with E-state index < -0.39 is 0 Å². The van der Waals surface area contributed by atoms with E-state index in [0.717, 1.165) is 23.1 Å². The van der Waals surface area contributed by atoms with Gasteiger partial charge < -0.3 is 10.5 Å². The molecule has 2 N–H and O–H groups in total. The first-order valence-electron chi connectivity index (χ1n) is 6.78. The Kier molecular flexibility index (Phi) is 5.62. The first-order valence-corrected chi connectivity index (χ1v) is 7.58. The molecule has 0 fully saturated rings. The summed E-state index contributed by atoms with van der Waals surface area (Å²) in [6, 6.07) is 16.6. The third kappa shape index (κ3) is 4.36. The van der Waals surface area contributed by atoms with E-state index >= 15 is 0 Å². The summed E-state index contributed by atoms with van der Waals surface area (Å²) >= 11 is 3.51. The number of nitrogens with two attached hydrogens (primary N) is 1. The molecule has 0 aliphatic carbocycles. The van der Waals surface area contributed by atoms with Gasteiger partial charge in [-0.05, 0) is 60.7 Å². The zero-order valence-corrected chi connectivity index (χ0v) is 13.3. The van der Waals surface area contributed by atoms with Crippen LogP contribution in [-0.4, -0.2) is 13.7 Å². The molecular formula is C17H20BrNO. The third-order valence-electron chi connectivity index (χ3n) is 3.41. The largest absolute Gasteiger partial charge is 0.497 e. The normalized spacial score (nSPS) is 12.2. The molecule has 0 heterocycles. The van der Waals surface area contributed by atoms with Crippen LogP contribution in [-0.2, 0) is 12.8 Å². The Labute approximate surface area is 129 Å². The second kappa shape index (κ2) is 7.46. The highest BCUT2D eigenvalue weighted by Gasteiger charge is 2.10. The Balaban J connectivity index is 2.05. The number of hydrogen-bond acceptors (Lipinski definition) is 2. The Bertz CT molecular complexity index is 556. The minimum atomic E-state index is 0.441. The fraction of sp³-hybridized carbons (Fsp3) is 0.294. The predicted octanol–water partition coefficient (Wildman–Crippen LogP) is 3.82. The van der Waals surface area contributed by atoms with Crippen molar-refractivity contribution in [2.75, 3.05) is 13.7 Å². The molecule has 2 rings (SSSR count). The average Bonchev–Trinajstić information content (AvgIpc) is 2.47. The summed E-state index contributed by atoms with van der Waals surface area (Å²) in [6.45, 7) is 0.684. The number of methoxy groups -OCH3 is 1. The third-order valence-corrected chi connectivity index (χ3v) is 3.90. The van der Waals surface area contributed by atoms with Crippen molar-refractivity contribution in [3.8, 4) is 5.75 Å². The molecule has 1 atom stereocenters. The Morgan fingerprint density at radius 2 is 1.70 bits per heavy atom. The number of ether oxygens (including phenoxy) is 1. The molecule has 0 saturated heterocycles. The van der Waals surface area contributed by atoms with E-state index in [-0.39, 0.29) is 0 Å². The number of rotatable bonds is 6. The number of halogens is 1. The lowest BCUT2D eigenvalue weighted by Crippen LogP contribution is -2.19. The minimum Gasteiger partial charge on any atom is -0.497 e. The van der Waals surface area contributed by atoms with Gasteiger partial charge in [0.25, 0.3) is 0 Å². The van der Waals surface area contributed by atoms with Crippen LogP contribution in [0.25, 0.3) is 0 Å². The number of hydrogen-bond donors (Lipinski definition) is 1. The molecule has 20 heavy (non-hydrogen) atoms. The van der Waals surface area contributed by atoms with Crippen molar-refractivity contribution in [2.24, 2.45) is 11.7 Å². The number of benzene rings is 2. The summed E-state index contributed by atoms with van der Waals surface area (Å²) < 4.78 is 6.38. The molecule has 0 bridgehead atoms. The molecular weight excluding hydrogens is 314 g/mol. The molecule has 0 amide bonds. The highest BCUT2D eigenvalue weighted by Crippen LogP contribution is 2.20. The second-order valence-corrected chi connectivity index (χ2v) is 5.91. The first kappa shape index (κ1) is 15.1. The summed E-state index contributed by atoms with van der Waals surface area (Å²) in [5.74, 6) is 1.34. The SMILES string of the molecule is COc1cccc(CC(CN)Cc2cccc(Br)c2)c1. The maximum absolute atomic E-state index is 5.93. The van der Waals surface area contributed by atoms with E-state index in [0.29, 0.717) is 12.5 Å². The topological polar surface area (TPSA) is 35.2 Å². The highest BCUT2D eigenvalue weighted by atomic mass is 79.9. The van der Waals surface area contributed by atoms with Crippen LogP contribution in [0.2, 0.25) is 0 Å². The predicted molar refractivity (Wildman–Crippen MR) is 87.1 cm³/mol. The van der Waals surface area contributed by atoms with Gasteiger partial charge in [-0.2, -0.15) is 0 Å². The molecule has 0 aliphatic heterocycles. The van der Waals surface area contributed by atoms with Crippen LogP contribution in [0.4, 0.5) is 0 Å². The lowest BCUT2D eigenvalue weighted by atomic mass is 9.92. The Morgan fingerprint density at radius 1 is 1.05 bits per heavy atom. The monoisotopic (exact) mass is 333 g/mol. The molecule has 2 nitrogen and oxygen atoms in total. The van der Waals surface area contributed by atoms with Crippen LogP contribution in [0, 0.1) is 5.92 Å². The van der Waals surface area contributed by atoms with Crippen molar-refractivity contribution in [2.45, 2.75) is 12.8 Å². The lowest BCUT2D eigenvalue weighted by molar-refractivity contribution is 0.413. The zero-order chi connectivity index (χ0) is 14.4. The molecule has 0 saturated carbocycles. The van der Waals surface area contributed by atoms with Crippen molar-refractivity contribution in [3.63, 3.8) is 0 Å². The van der Waals surface area contributed by atoms with Crippen molar-refractivity contribution in [1.82, 2.24) is 0 Å². The fourth-order valence-electron chi connectivity index (χ4n) is 2.37. The van der Waals surface area contributed by atoms with Crippen LogP contribution in [0.15, 0.2) is 53.0 Å². The molecule has 0 aliphatic rings. The maximum atomic E-state index is 5.93. The molecule has 3 heteroatoms. The van der Waals surface area contributed by atoms with Crippen LogP contribution >= 0.6 is 15.9 Å². The van der Waals surface area contributed by atoms with Crippen molar-refractivity contribution >= 4 is 15.9 Å². The average molecular weight is 334 g/mol. The van der Waals surface area contributed by atoms with Gasteiger partial charge in [-0.25, -0.2) is 0 Å². The molecule has 1 unspecified atom stereocenters. The van der Waals surface area contributed by atoms with Gasteiger partial charge in [0.15, 0.2) is 0 Å². The van der Waals surface area contributed by atoms with E-state index in [1.165, 1.54) is 11.1 Å². The van der Waals surface area contributed by atoms with Gasteiger partial charge in [0.1, 0.15) is 5.75 Å². The zero-order valence-electron chi connectivity index (χ0n) is 11.7. The van der Waals surface area contributed by atoms with Crippen molar-refractivity contribution < 1.29 is 4.74 Å². The Morgan fingerprint density at radius 3 is 2.30 bits per heavy atom. The van der Waals surface area contributed by atoms with E-state index in [2.05, 4.69) is 46.3 Å². The summed E-state index contributed by atoms with van der Waals surface area (Å²) in [7, 11) is 1.70. The van der Waals surface area contributed by atoms with Crippen LogP contribution < -0.4 is 10.5 Å². The summed E-state index contributed by atoms with van der Waals surface area (Å²) in [5.41, 5.74) is 8.52. The highest BCUT2D eigenvalue weighted by molar-refractivity contribution is 9.10. The molecule has 2 aromatic carbocycles. The van der Waals surface area contributed by atoms with Gasteiger partial charge in [0.05, 0.1) is 7.11 Å². The Hall–Kier alpha value is -1.32. The summed E-state index contributed by atoms with van der Waals surface area (Å²) in [4.78, 5) is 0. The molecule has 0 spiro atoms. The van der Waals surface area contributed by atoms with Gasteiger partial charge in [-0.3, -0.25) is 0 Å². The van der Waals surface area contributed by atoms with Crippen LogP contribution in [0.5, 0.6) is 5.75 Å². The van der Waals surface area contributed by atoms with Crippen LogP contribution in [0.1, 0.15) is 11.1 Å². The summed E-state index contributed by atoms with van der Waals surface area (Å²) in [6.07, 6.45) is 1.97. The van der Waals surface area contributed by atoms with E-state index in [9.17, 15) is 0 Å². The van der Waals surface area contributed by atoms with E-state index in [4.69, 9.17) is 10.5 Å². The molecule has 2 aromatic rings. The fourth-order valence-corrected chi connectivity index (χ4v) is 2.82. The van der Waals surface area contributed by atoms with E-state index in [1.54, 1.807) is 7.11 Å². The second-order valence-electron chi connectivity index (χ2n) is 4.99. The quantitative estimate of drug-likeness (QED) is 0.872. The summed E-state index contributed by atoms with van der Waals surface area (Å²) in [5, 5.41) is 0. The first-order chi connectivity index (χ1) is 9.71. The smallest absolute Gasteiger partial charge is 0.119 e. The molecule has 0 radical (unpaired) electrons. The molecule has 106 valence electrons.